The van der Waals surface area contributed by atoms with E-state index in [1.807, 2.05) is 11.8 Å². The highest BCUT2D eigenvalue weighted by molar-refractivity contribution is 7.99. The molecule has 0 bridgehead atoms. The van der Waals surface area contributed by atoms with Crippen molar-refractivity contribution in [3.8, 4) is 0 Å². The predicted octanol–water partition coefficient (Wildman–Crippen LogP) is 4.56. The first kappa shape index (κ1) is 14.2. The molecule has 0 saturated heterocycles. The molecule has 0 aliphatic rings. The molecule has 0 atom stereocenters. The van der Waals surface area contributed by atoms with Gasteiger partial charge < -0.3 is 5.32 Å². The molecule has 0 aromatic heterocycles. The molecule has 1 nitrogen and oxygen atoms in total. The Hall–Kier alpha value is -1.25. The molecule has 2 heteroatoms. The minimum absolute atomic E-state index is 0.935. The molecule has 0 aliphatic heterocycles. The third kappa shape index (κ3) is 3.85. The van der Waals surface area contributed by atoms with Gasteiger partial charge >= 0.3 is 0 Å². The Balaban J connectivity index is 2.20. The minimum atomic E-state index is 0.935. The zero-order valence-corrected chi connectivity index (χ0v) is 12.7. The summed E-state index contributed by atoms with van der Waals surface area (Å²) in [5.41, 5.74) is 4.08. The number of hydrogen-bond acceptors (Lipinski definition) is 2. The molecule has 0 radical (unpaired) electrons. The van der Waals surface area contributed by atoms with Crippen molar-refractivity contribution in [3.05, 3.63) is 59.2 Å². The van der Waals surface area contributed by atoms with Gasteiger partial charge in [-0.25, -0.2) is 0 Å². The minimum Gasteiger partial charge on any atom is -0.313 e. The molecular formula is C17H21NS. The number of hydrogen-bond donors (Lipinski definition) is 1. The first-order valence-electron chi connectivity index (χ1n) is 6.74. The SMILES string of the molecule is CCNCc1ccccc1Sc1ccc(C)c(C)c1. The van der Waals surface area contributed by atoms with Gasteiger partial charge in [-0.05, 0) is 55.3 Å². The first-order chi connectivity index (χ1) is 9.20. The summed E-state index contributed by atoms with van der Waals surface area (Å²) < 4.78 is 0. The van der Waals surface area contributed by atoms with Crippen molar-refractivity contribution in [2.45, 2.75) is 37.1 Å². The lowest BCUT2D eigenvalue weighted by Gasteiger charge is -2.10. The normalized spacial score (nSPS) is 10.7. The summed E-state index contributed by atoms with van der Waals surface area (Å²) in [7, 11) is 0. The molecule has 100 valence electrons. The van der Waals surface area contributed by atoms with Crippen molar-refractivity contribution in [1.82, 2.24) is 5.32 Å². The van der Waals surface area contributed by atoms with Crippen LogP contribution in [0, 0.1) is 13.8 Å². The molecule has 1 N–H and O–H groups in total. The van der Waals surface area contributed by atoms with Crippen molar-refractivity contribution in [1.29, 1.82) is 0 Å². The van der Waals surface area contributed by atoms with Gasteiger partial charge in [-0.1, -0.05) is 43.0 Å². The lowest BCUT2D eigenvalue weighted by Crippen LogP contribution is -2.12. The van der Waals surface area contributed by atoms with Crippen LogP contribution < -0.4 is 5.32 Å². The van der Waals surface area contributed by atoms with Crippen LogP contribution >= 0.6 is 11.8 Å². The molecule has 2 aromatic carbocycles. The van der Waals surface area contributed by atoms with E-state index in [2.05, 4.69) is 68.6 Å². The first-order valence-corrected chi connectivity index (χ1v) is 7.56. The molecule has 19 heavy (non-hydrogen) atoms. The maximum atomic E-state index is 3.40. The van der Waals surface area contributed by atoms with E-state index in [-0.39, 0.29) is 0 Å². The van der Waals surface area contributed by atoms with Gasteiger partial charge in [-0.15, -0.1) is 0 Å². The van der Waals surface area contributed by atoms with Crippen LogP contribution in [0.25, 0.3) is 0 Å². The number of aryl methyl sites for hydroxylation is 2. The van der Waals surface area contributed by atoms with E-state index >= 15 is 0 Å². The Labute approximate surface area is 120 Å². The fourth-order valence-corrected chi connectivity index (χ4v) is 2.96. The molecule has 0 saturated carbocycles. The fraction of sp³-hybridized carbons (Fsp3) is 0.294. The van der Waals surface area contributed by atoms with Crippen molar-refractivity contribution >= 4 is 11.8 Å². The summed E-state index contributed by atoms with van der Waals surface area (Å²) in [4.78, 5) is 2.65. The Morgan fingerprint density at radius 2 is 1.79 bits per heavy atom. The fourth-order valence-electron chi connectivity index (χ4n) is 1.91. The average Bonchev–Trinajstić information content (AvgIpc) is 2.42. The predicted molar refractivity (Wildman–Crippen MR) is 83.9 cm³/mol. The summed E-state index contributed by atoms with van der Waals surface area (Å²) in [6, 6.07) is 15.3. The van der Waals surface area contributed by atoms with Crippen LogP contribution in [0.1, 0.15) is 23.6 Å². The molecule has 0 spiro atoms. The molecule has 2 aromatic rings. The maximum absolute atomic E-state index is 3.40. The lowest BCUT2D eigenvalue weighted by atomic mass is 10.1. The van der Waals surface area contributed by atoms with Crippen molar-refractivity contribution in [2.24, 2.45) is 0 Å². The van der Waals surface area contributed by atoms with E-state index in [9.17, 15) is 0 Å². The van der Waals surface area contributed by atoms with E-state index in [1.54, 1.807) is 0 Å². The summed E-state index contributed by atoms with van der Waals surface area (Å²) in [6.07, 6.45) is 0. The second-order valence-electron chi connectivity index (χ2n) is 4.74. The Bertz CT molecular complexity index is 549. The van der Waals surface area contributed by atoms with Crippen LogP contribution in [-0.4, -0.2) is 6.54 Å². The van der Waals surface area contributed by atoms with Gasteiger partial charge in [-0.3, -0.25) is 0 Å². The molecular weight excluding hydrogens is 250 g/mol. The number of nitrogens with one attached hydrogen (secondary N) is 1. The van der Waals surface area contributed by atoms with E-state index in [4.69, 9.17) is 0 Å². The van der Waals surface area contributed by atoms with E-state index < -0.39 is 0 Å². The summed E-state index contributed by atoms with van der Waals surface area (Å²) >= 11 is 1.85. The van der Waals surface area contributed by atoms with Crippen molar-refractivity contribution < 1.29 is 0 Å². The molecule has 0 aliphatic carbocycles. The highest BCUT2D eigenvalue weighted by atomic mass is 32.2. The van der Waals surface area contributed by atoms with Crippen molar-refractivity contribution in [2.75, 3.05) is 6.54 Å². The van der Waals surface area contributed by atoms with E-state index in [0.29, 0.717) is 0 Å². The van der Waals surface area contributed by atoms with Gasteiger partial charge in [0.2, 0.25) is 0 Å². The maximum Gasteiger partial charge on any atom is 0.0216 e. The highest BCUT2D eigenvalue weighted by Gasteiger charge is 2.04. The van der Waals surface area contributed by atoms with Crippen LogP contribution in [0.4, 0.5) is 0 Å². The van der Waals surface area contributed by atoms with Gasteiger partial charge in [0.25, 0.3) is 0 Å². The molecule has 0 amide bonds. The largest absolute Gasteiger partial charge is 0.313 e. The topological polar surface area (TPSA) is 12.0 Å². The van der Waals surface area contributed by atoms with Crippen LogP contribution in [0.2, 0.25) is 0 Å². The Kier molecular flexibility index (Phi) is 5.06. The quantitative estimate of drug-likeness (QED) is 0.855. The zero-order valence-electron chi connectivity index (χ0n) is 11.9. The van der Waals surface area contributed by atoms with Gasteiger partial charge in [0.1, 0.15) is 0 Å². The second-order valence-corrected chi connectivity index (χ2v) is 5.85. The summed E-state index contributed by atoms with van der Waals surface area (Å²) in [5, 5.41) is 3.40. The van der Waals surface area contributed by atoms with E-state index in [1.165, 1.54) is 26.5 Å². The van der Waals surface area contributed by atoms with Gasteiger partial charge in [0.15, 0.2) is 0 Å². The molecule has 0 heterocycles. The van der Waals surface area contributed by atoms with Crippen LogP contribution in [-0.2, 0) is 6.54 Å². The summed E-state index contributed by atoms with van der Waals surface area (Å²) in [6.45, 7) is 8.40. The van der Waals surface area contributed by atoms with Gasteiger partial charge in [0, 0.05) is 16.3 Å². The van der Waals surface area contributed by atoms with Gasteiger partial charge in [-0.2, -0.15) is 0 Å². The number of benzene rings is 2. The van der Waals surface area contributed by atoms with Gasteiger partial charge in [0.05, 0.1) is 0 Å². The van der Waals surface area contributed by atoms with Crippen LogP contribution in [0.15, 0.2) is 52.3 Å². The van der Waals surface area contributed by atoms with Crippen LogP contribution in [0.3, 0.4) is 0 Å². The Morgan fingerprint density at radius 3 is 2.53 bits per heavy atom. The van der Waals surface area contributed by atoms with Crippen molar-refractivity contribution in [3.63, 3.8) is 0 Å². The van der Waals surface area contributed by atoms with E-state index in [0.717, 1.165) is 13.1 Å². The lowest BCUT2D eigenvalue weighted by molar-refractivity contribution is 0.718. The molecule has 2 rings (SSSR count). The standard InChI is InChI=1S/C17H21NS/c1-4-18-12-15-7-5-6-8-17(15)19-16-10-9-13(2)14(3)11-16/h5-11,18H,4,12H2,1-3H3. The molecule has 0 fully saturated rings. The Morgan fingerprint density at radius 1 is 1.00 bits per heavy atom. The molecule has 0 unspecified atom stereocenters. The highest BCUT2D eigenvalue weighted by Crippen LogP contribution is 2.31. The third-order valence-electron chi connectivity index (χ3n) is 3.24. The third-order valence-corrected chi connectivity index (χ3v) is 4.35. The smallest absolute Gasteiger partial charge is 0.0216 e. The number of rotatable bonds is 5. The summed E-state index contributed by atoms with van der Waals surface area (Å²) in [5.74, 6) is 0. The second kappa shape index (κ2) is 6.78. The zero-order chi connectivity index (χ0) is 13.7. The monoisotopic (exact) mass is 271 g/mol. The average molecular weight is 271 g/mol. The van der Waals surface area contributed by atoms with Crippen LogP contribution in [0.5, 0.6) is 0 Å².